The first-order valence-corrected chi connectivity index (χ1v) is 8.56. The quantitative estimate of drug-likeness (QED) is 0.520. The molecular formula is C19H28O2. The van der Waals surface area contributed by atoms with Crippen LogP contribution in [0.25, 0.3) is 0 Å². The van der Waals surface area contributed by atoms with Crippen LogP contribution in [0.3, 0.4) is 0 Å². The second kappa shape index (κ2) is 6.83. The van der Waals surface area contributed by atoms with E-state index in [9.17, 15) is 0 Å². The van der Waals surface area contributed by atoms with E-state index in [-0.39, 0.29) is 0 Å². The highest BCUT2D eigenvalue weighted by Crippen LogP contribution is 2.48. The lowest BCUT2D eigenvalue weighted by Crippen LogP contribution is -2.18. The first-order chi connectivity index (χ1) is 10.3. The van der Waals surface area contributed by atoms with Crippen molar-refractivity contribution in [2.45, 2.75) is 51.9 Å². The Hall–Kier alpha value is -1.02. The van der Waals surface area contributed by atoms with Gasteiger partial charge in [-0.1, -0.05) is 32.4 Å². The molecule has 2 saturated carbocycles. The molecule has 1 aromatic rings. The molecular weight excluding hydrogens is 260 g/mol. The van der Waals surface area contributed by atoms with Gasteiger partial charge in [-0.25, -0.2) is 0 Å². The standard InChI is InChI=1S/C19H28O2/c1-3-14(2)16-6-8-19(9-7-16)21-13-20-12-18-11-15-4-5-17(18)10-15/h6-9,14-15,17-18H,3-5,10-13H2,1-2H3. The van der Waals surface area contributed by atoms with Crippen molar-refractivity contribution in [3.05, 3.63) is 29.8 Å². The lowest BCUT2D eigenvalue weighted by Gasteiger charge is -2.21. The van der Waals surface area contributed by atoms with E-state index in [0.29, 0.717) is 12.7 Å². The molecule has 4 atom stereocenters. The van der Waals surface area contributed by atoms with E-state index in [1.807, 2.05) is 0 Å². The van der Waals surface area contributed by atoms with Gasteiger partial charge in [0.25, 0.3) is 0 Å². The van der Waals surface area contributed by atoms with Crippen LogP contribution in [0.1, 0.15) is 57.4 Å². The smallest absolute Gasteiger partial charge is 0.189 e. The highest BCUT2D eigenvalue weighted by molar-refractivity contribution is 5.29. The fourth-order valence-electron chi connectivity index (χ4n) is 4.02. The molecule has 1 aromatic carbocycles. The van der Waals surface area contributed by atoms with Crippen molar-refractivity contribution in [1.82, 2.24) is 0 Å². The number of hydrogen-bond donors (Lipinski definition) is 0. The molecule has 0 saturated heterocycles. The molecule has 2 aliphatic rings. The summed E-state index contributed by atoms with van der Waals surface area (Å²) in [6, 6.07) is 8.45. The number of ether oxygens (including phenoxy) is 2. The monoisotopic (exact) mass is 288 g/mol. The third-order valence-electron chi connectivity index (χ3n) is 5.59. The second-order valence-corrected chi connectivity index (χ2v) is 6.95. The van der Waals surface area contributed by atoms with Gasteiger partial charge in [0, 0.05) is 0 Å². The molecule has 2 aliphatic carbocycles. The van der Waals surface area contributed by atoms with Gasteiger partial charge in [-0.2, -0.15) is 0 Å². The van der Waals surface area contributed by atoms with E-state index in [2.05, 4.69) is 38.1 Å². The summed E-state index contributed by atoms with van der Waals surface area (Å²) in [5, 5.41) is 0. The third kappa shape index (κ3) is 3.60. The van der Waals surface area contributed by atoms with Gasteiger partial charge in [0.05, 0.1) is 6.61 Å². The van der Waals surface area contributed by atoms with Crippen LogP contribution < -0.4 is 4.74 Å². The maximum atomic E-state index is 5.75. The van der Waals surface area contributed by atoms with Crippen molar-refractivity contribution in [3.63, 3.8) is 0 Å². The molecule has 4 unspecified atom stereocenters. The molecule has 0 aromatic heterocycles. The van der Waals surface area contributed by atoms with Gasteiger partial charge >= 0.3 is 0 Å². The van der Waals surface area contributed by atoms with Crippen LogP contribution in [-0.4, -0.2) is 13.4 Å². The molecule has 116 valence electrons. The predicted molar refractivity (Wildman–Crippen MR) is 85.5 cm³/mol. The largest absolute Gasteiger partial charge is 0.468 e. The Morgan fingerprint density at radius 2 is 1.95 bits per heavy atom. The van der Waals surface area contributed by atoms with E-state index < -0.39 is 0 Å². The summed E-state index contributed by atoms with van der Waals surface area (Å²) < 4.78 is 11.4. The molecule has 3 rings (SSSR count). The molecule has 21 heavy (non-hydrogen) atoms. The zero-order valence-electron chi connectivity index (χ0n) is 13.4. The summed E-state index contributed by atoms with van der Waals surface area (Å²) in [6.45, 7) is 5.75. The van der Waals surface area contributed by atoms with Crippen molar-refractivity contribution in [2.75, 3.05) is 13.4 Å². The van der Waals surface area contributed by atoms with Crippen molar-refractivity contribution in [2.24, 2.45) is 17.8 Å². The molecule has 2 nitrogen and oxygen atoms in total. The molecule has 0 heterocycles. The Bertz CT molecular complexity index is 439. The maximum Gasteiger partial charge on any atom is 0.189 e. The minimum Gasteiger partial charge on any atom is -0.468 e. The van der Waals surface area contributed by atoms with Gasteiger partial charge in [0.1, 0.15) is 5.75 Å². The number of hydrogen-bond acceptors (Lipinski definition) is 2. The van der Waals surface area contributed by atoms with Gasteiger partial charge < -0.3 is 9.47 Å². The number of fused-ring (bicyclic) bond motifs is 2. The van der Waals surface area contributed by atoms with Gasteiger partial charge in [-0.05, 0) is 67.1 Å². The van der Waals surface area contributed by atoms with Gasteiger partial charge in [0.15, 0.2) is 6.79 Å². The highest BCUT2D eigenvalue weighted by Gasteiger charge is 2.39. The SMILES string of the molecule is CCC(C)c1ccc(OCOCC2CC3CCC2C3)cc1. The van der Waals surface area contributed by atoms with Crippen LogP contribution >= 0.6 is 0 Å². The first kappa shape index (κ1) is 14.9. The lowest BCUT2D eigenvalue weighted by atomic mass is 9.90. The fraction of sp³-hybridized carbons (Fsp3) is 0.684. The van der Waals surface area contributed by atoms with Crippen molar-refractivity contribution in [3.8, 4) is 5.75 Å². The maximum absolute atomic E-state index is 5.75. The van der Waals surface area contributed by atoms with Crippen LogP contribution in [0.4, 0.5) is 0 Å². The number of benzene rings is 1. The minimum absolute atomic E-state index is 0.385. The Morgan fingerprint density at radius 3 is 2.57 bits per heavy atom. The molecule has 0 N–H and O–H groups in total. The topological polar surface area (TPSA) is 18.5 Å². The summed E-state index contributed by atoms with van der Waals surface area (Å²) in [7, 11) is 0. The average molecular weight is 288 g/mol. The molecule has 2 bridgehead atoms. The second-order valence-electron chi connectivity index (χ2n) is 6.95. The van der Waals surface area contributed by atoms with Crippen LogP contribution in [0.15, 0.2) is 24.3 Å². The van der Waals surface area contributed by atoms with Crippen molar-refractivity contribution >= 4 is 0 Å². The van der Waals surface area contributed by atoms with E-state index in [4.69, 9.17) is 9.47 Å². The van der Waals surface area contributed by atoms with E-state index in [0.717, 1.165) is 30.1 Å². The molecule has 0 aliphatic heterocycles. The fourth-order valence-corrected chi connectivity index (χ4v) is 4.02. The molecule has 0 spiro atoms. The zero-order valence-corrected chi connectivity index (χ0v) is 13.4. The van der Waals surface area contributed by atoms with Crippen LogP contribution in [-0.2, 0) is 4.74 Å². The van der Waals surface area contributed by atoms with Crippen LogP contribution in [0, 0.1) is 17.8 Å². The summed E-state index contributed by atoms with van der Waals surface area (Å²) in [5.41, 5.74) is 1.38. The molecule has 0 amide bonds. The normalized spacial score (nSPS) is 28.8. The molecule has 0 radical (unpaired) electrons. The summed E-state index contributed by atoms with van der Waals surface area (Å²) in [4.78, 5) is 0. The third-order valence-corrected chi connectivity index (χ3v) is 5.59. The van der Waals surface area contributed by atoms with Crippen molar-refractivity contribution < 1.29 is 9.47 Å². The Balaban J connectivity index is 1.37. The van der Waals surface area contributed by atoms with Gasteiger partial charge in [-0.3, -0.25) is 0 Å². The average Bonchev–Trinajstić information content (AvgIpc) is 3.14. The predicted octanol–water partition coefficient (Wildman–Crippen LogP) is 4.99. The van der Waals surface area contributed by atoms with E-state index in [1.54, 1.807) is 0 Å². The summed E-state index contributed by atoms with van der Waals surface area (Å²) >= 11 is 0. The summed E-state index contributed by atoms with van der Waals surface area (Å²) in [5.74, 6) is 4.26. The number of rotatable bonds is 7. The lowest BCUT2D eigenvalue weighted by molar-refractivity contribution is -0.0111. The Kier molecular flexibility index (Phi) is 4.84. The zero-order chi connectivity index (χ0) is 14.7. The highest BCUT2D eigenvalue weighted by atomic mass is 16.7. The molecule has 2 fully saturated rings. The van der Waals surface area contributed by atoms with Gasteiger partial charge in [-0.15, -0.1) is 0 Å². The first-order valence-electron chi connectivity index (χ1n) is 8.56. The van der Waals surface area contributed by atoms with Crippen LogP contribution in [0.2, 0.25) is 0 Å². The van der Waals surface area contributed by atoms with Gasteiger partial charge in [0.2, 0.25) is 0 Å². The Labute approximate surface area is 128 Å². The van der Waals surface area contributed by atoms with E-state index >= 15 is 0 Å². The molecule has 2 heteroatoms. The van der Waals surface area contributed by atoms with Crippen molar-refractivity contribution in [1.29, 1.82) is 0 Å². The van der Waals surface area contributed by atoms with E-state index in [1.165, 1.54) is 37.7 Å². The summed E-state index contributed by atoms with van der Waals surface area (Å²) in [6.07, 6.45) is 6.89. The van der Waals surface area contributed by atoms with Crippen LogP contribution in [0.5, 0.6) is 5.75 Å². The minimum atomic E-state index is 0.385. The Morgan fingerprint density at radius 1 is 1.14 bits per heavy atom.